The molecule has 0 saturated carbocycles. The van der Waals surface area contributed by atoms with E-state index in [1.807, 2.05) is 156 Å². The Kier molecular flexibility index (Phi) is 8.32. The summed E-state index contributed by atoms with van der Waals surface area (Å²) in [6.45, 7) is 0. The van der Waals surface area contributed by atoms with Crippen molar-refractivity contribution in [3.05, 3.63) is 179 Å². The van der Waals surface area contributed by atoms with Crippen LogP contribution in [0.5, 0.6) is 0 Å². The molecular formula is C38H30N2O4. The Morgan fingerprint density at radius 2 is 1.32 bits per heavy atom. The first-order valence-electron chi connectivity index (χ1n) is 14.3. The van der Waals surface area contributed by atoms with Crippen LogP contribution in [0.2, 0.25) is 0 Å². The van der Waals surface area contributed by atoms with Crippen LogP contribution in [0, 0.1) is 5.41 Å². The first-order valence-corrected chi connectivity index (χ1v) is 14.3. The number of aromatic nitrogens is 1. The summed E-state index contributed by atoms with van der Waals surface area (Å²) in [5.41, 5.74) is 3.17. The fraction of sp³-hybridized carbons (Fsp3) is 0.0526. The fourth-order valence-corrected chi connectivity index (χ4v) is 4.94. The summed E-state index contributed by atoms with van der Waals surface area (Å²) in [5, 5.41) is 0. The minimum absolute atomic E-state index is 0.214. The van der Waals surface area contributed by atoms with E-state index in [9.17, 15) is 9.59 Å². The number of furan rings is 1. The maximum absolute atomic E-state index is 12.2. The molecule has 4 aliphatic rings. The maximum atomic E-state index is 12.2. The molecule has 7 rings (SSSR count). The van der Waals surface area contributed by atoms with Gasteiger partial charge in [0, 0.05) is 42.0 Å². The zero-order valence-electron chi connectivity index (χ0n) is 23.9. The highest BCUT2D eigenvalue weighted by Crippen LogP contribution is 2.39. The molecule has 3 aromatic rings. The molecule has 0 amide bonds. The van der Waals surface area contributed by atoms with Crippen LogP contribution in [0.3, 0.4) is 0 Å². The van der Waals surface area contributed by atoms with Crippen molar-refractivity contribution in [1.82, 2.24) is 9.47 Å². The van der Waals surface area contributed by atoms with Crippen LogP contribution in [0.25, 0.3) is 35.6 Å². The van der Waals surface area contributed by atoms with E-state index in [4.69, 9.17) is 9.15 Å². The standard InChI is InChI=1S/C23H19NO2.C15H11NO2/c25-22-18-23(17-21(26-22)20-9-5-2-6-10-20)12-15-24(16-13-23)14-11-19-7-3-1-4-8-19;17-15-11-13-14(18-15)7-4-9-16(13)10-8-12-5-2-1-3-6-12/h1-17H,18H2;1-11H/b14-11+;10-8+. The Bertz CT molecular complexity index is 1880. The number of ether oxygens (including phenoxy) is 1. The van der Waals surface area contributed by atoms with E-state index in [0.29, 0.717) is 17.9 Å². The van der Waals surface area contributed by atoms with Gasteiger partial charge in [-0.15, -0.1) is 0 Å². The predicted octanol–water partition coefficient (Wildman–Crippen LogP) is 8.15. The molecule has 216 valence electrons. The highest BCUT2D eigenvalue weighted by molar-refractivity contribution is 5.83. The van der Waals surface area contributed by atoms with Crippen LogP contribution in [-0.4, -0.2) is 15.4 Å². The number of rotatable bonds is 5. The Morgan fingerprint density at radius 3 is 1.98 bits per heavy atom. The van der Waals surface area contributed by atoms with E-state index in [2.05, 4.69) is 12.1 Å². The monoisotopic (exact) mass is 578 g/mol. The molecule has 0 unspecified atom stereocenters. The van der Waals surface area contributed by atoms with Crippen LogP contribution in [0.15, 0.2) is 161 Å². The third-order valence-corrected chi connectivity index (χ3v) is 7.20. The molecule has 4 aliphatic heterocycles. The van der Waals surface area contributed by atoms with E-state index < -0.39 is 5.41 Å². The van der Waals surface area contributed by atoms with Crippen LogP contribution in [0.1, 0.15) is 23.1 Å². The number of pyridine rings is 1. The number of hydrogen-bond donors (Lipinski definition) is 0. The number of benzene rings is 3. The van der Waals surface area contributed by atoms with E-state index in [1.165, 1.54) is 6.07 Å². The molecular weight excluding hydrogens is 548 g/mol. The molecule has 6 nitrogen and oxygen atoms in total. The molecule has 0 atom stereocenters. The van der Waals surface area contributed by atoms with Crippen molar-refractivity contribution in [3.8, 4) is 11.5 Å². The molecule has 3 aromatic carbocycles. The molecule has 1 spiro atoms. The highest BCUT2D eigenvalue weighted by atomic mass is 16.5. The summed E-state index contributed by atoms with van der Waals surface area (Å²) in [4.78, 5) is 25.3. The Hall–Kier alpha value is -5.88. The number of esters is 1. The van der Waals surface area contributed by atoms with Gasteiger partial charge in [0.15, 0.2) is 5.76 Å². The van der Waals surface area contributed by atoms with Crippen molar-refractivity contribution in [3.63, 3.8) is 0 Å². The second-order valence-corrected chi connectivity index (χ2v) is 10.4. The number of hydrogen-bond acceptors (Lipinski definition) is 5. The maximum Gasteiger partial charge on any atom is 0.338 e. The average molecular weight is 579 g/mol. The topological polar surface area (TPSA) is 64.7 Å². The van der Waals surface area contributed by atoms with E-state index in [1.54, 1.807) is 6.07 Å². The van der Waals surface area contributed by atoms with Crippen LogP contribution in [0.4, 0.5) is 0 Å². The molecule has 0 radical (unpaired) electrons. The summed E-state index contributed by atoms with van der Waals surface area (Å²) in [6, 6.07) is 35.0. The van der Waals surface area contributed by atoms with Crippen molar-refractivity contribution in [2.45, 2.75) is 6.42 Å². The lowest BCUT2D eigenvalue weighted by Gasteiger charge is -2.32. The normalized spacial score (nSPS) is 15.4. The fourth-order valence-electron chi connectivity index (χ4n) is 4.94. The molecule has 6 heteroatoms. The van der Waals surface area contributed by atoms with Gasteiger partial charge < -0.3 is 18.6 Å². The smallest absolute Gasteiger partial charge is 0.338 e. The number of carbonyl (C=O) groups excluding carboxylic acids is 1. The van der Waals surface area contributed by atoms with Crippen molar-refractivity contribution in [2.24, 2.45) is 5.41 Å². The van der Waals surface area contributed by atoms with Gasteiger partial charge >= 0.3 is 11.6 Å². The van der Waals surface area contributed by atoms with Crippen molar-refractivity contribution in [1.29, 1.82) is 0 Å². The summed E-state index contributed by atoms with van der Waals surface area (Å²) in [7, 11) is 0. The van der Waals surface area contributed by atoms with E-state index in [-0.39, 0.29) is 11.6 Å². The lowest BCUT2D eigenvalue weighted by atomic mass is 9.80. The average Bonchev–Trinajstić information content (AvgIpc) is 3.46. The van der Waals surface area contributed by atoms with Crippen molar-refractivity contribution in [2.75, 3.05) is 0 Å². The Morgan fingerprint density at radius 1 is 0.705 bits per heavy atom. The molecule has 0 aromatic heterocycles. The molecule has 0 N–H and O–H groups in total. The zero-order valence-corrected chi connectivity index (χ0v) is 23.9. The van der Waals surface area contributed by atoms with Crippen LogP contribution < -0.4 is 5.63 Å². The minimum Gasteiger partial charge on any atom is -0.426 e. The molecule has 0 saturated heterocycles. The summed E-state index contributed by atoms with van der Waals surface area (Å²) < 4.78 is 12.4. The van der Waals surface area contributed by atoms with Gasteiger partial charge in [0.2, 0.25) is 0 Å². The third kappa shape index (κ3) is 6.94. The van der Waals surface area contributed by atoms with Gasteiger partial charge in [-0.3, -0.25) is 4.79 Å². The largest absolute Gasteiger partial charge is 0.426 e. The number of fused-ring (bicyclic) bond motifs is 1. The van der Waals surface area contributed by atoms with Gasteiger partial charge in [0.25, 0.3) is 0 Å². The quantitative estimate of drug-likeness (QED) is 0.197. The van der Waals surface area contributed by atoms with Gasteiger partial charge in [-0.25, -0.2) is 4.79 Å². The highest BCUT2D eigenvalue weighted by Gasteiger charge is 2.34. The number of nitrogens with zero attached hydrogens (tertiary/aromatic N) is 2. The van der Waals surface area contributed by atoms with Crippen molar-refractivity contribution < 1.29 is 13.9 Å². The van der Waals surface area contributed by atoms with Gasteiger partial charge in [0.05, 0.1) is 18.2 Å². The Labute approximate surface area is 255 Å². The predicted molar refractivity (Wildman–Crippen MR) is 174 cm³/mol. The second-order valence-electron chi connectivity index (χ2n) is 10.4. The zero-order chi connectivity index (χ0) is 30.2. The molecule has 44 heavy (non-hydrogen) atoms. The van der Waals surface area contributed by atoms with Crippen molar-refractivity contribution >= 4 is 30.1 Å². The van der Waals surface area contributed by atoms with E-state index in [0.717, 1.165) is 22.4 Å². The van der Waals surface area contributed by atoms with Gasteiger partial charge in [-0.1, -0.05) is 103 Å². The number of cyclic esters (lactones) is 1. The Balaban J connectivity index is 0.000000167. The van der Waals surface area contributed by atoms with Gasteiger partial charge in [-0.05, 0) is 41.5 Å². The lowest BCUT2D eigenvalue weighted by molar-refractivity contribution is -0.138. The SMILES string of the molecule is O=C1CC2(C=CN(/C=C/c3ccccc3)C=C2)C=C(c2ccccc2)O1.O=c1cc2n(/C=C/c3ccccc3)cccc-2o1. The lowest BCUT2D eigenvalue weighted by Crippen LogP contribution is -2.27. The molecule has 4 heterocycles. The second kappa shape index (κ2) is 13.0. The van der Waals surface area contributed by atoms with Crippen LogP contribution in [-0.2, 0) is 9.53 Å². The molecule has 0 aliphatic carbocycles. The van der Waals surface area contributed by atoms with E-state index >= 15 is 0 Å². The minimum atomic E-state index is -0.433. The molecule has 0 fully saturated rings. The third-order valence-electron chi connectivity index (χ3n) is 7.20. The summed E-state index contributed by atoms with van der Waals surface area (Å²) in [6.07, 6.45) is 20.2. The number of carbonyl (C=O) groups is 1. The first kappa shape index (κ1) is 28.2. The number of allylic oxidation sites excluding steroid dienone is 3. The first-order chi connectivity index (χ1) is 21.6. The summed E-state index contributed by atoms with van der Waals surface area (Å²) >= 11 is 0. The van der Waals surface area contributed by atoms with Crippen LogP contribution >= 0.6 is 0 Å². The van der Waals surface area contributed by atoms with Gasteiger partial charge in [0.1, 0.15) is 5.76 Å². The van der Waals surface area contributed by atoms with Gasteiger partial charge in [-0.2, -0.15) is 0 Å². The molecule has 0 bridgehead atoms. The summed E-state index contributed by atoms with van der Waals surface area (Å²) in [5.74, 6) is 0.999.